The zero-order valence-corrected chi connectivity index (χ0v) is 18.6. The van der Waals surface area contributed by atoms with Crippen molar-refractivity contribution in [2.24, 2.45) is 17.8 Å². The van der Waals surface area contributed by atoms with Gasteiger partial charge in [0.05, 0.1) is 11.1 Å². The number of amides is 2. The van der Waals surface area contributed by atoms with E-state index in [-0.39, 0.29) is 59.3 Å². The highest BCUT2D eigenvalue weighted by Gasteiger charge is 2.49. The first kappa shape index (κ1) is 21.9. The molecule has 0 aromatic heterocycles. The highest BCUT2D eigenvalue weighted by atomic mass is 35.5. The summed E-state index contributed by atoms with van der Waals surface area (Å²) in [5.41, 5.74) is 2.97. The Morgan fingerprint density at radius 2 is 1.88 bits per heavy atom. The smallest absolute Gasteiger partial charge is 0.258 e. The van der Waals surface area contributed by atoms with E-state index in [1.54, 1.807) is 0 Å². The van der Waals surface area contributed by atoms with Gasteiger partial charge in [-0.15, -0.1) is 0 Å². The van der Waals surface area contributed by atoms with Crippen molar-refractivity contribution >= 4 is 23.4 Å². The average Bonchev–Trinajstić information content (AvgIpc) is 3.18. The first-order valence-corrected chi connectivity index (χ1v) is 11.9. The maximum atomic E-state index is 13.5. The zero-order valence-electron chi connectivity index (χ0n) is 17.8. The van der Waals surface area contributed by atoms with Crippen LogP contribution in [0.1, 0.15) is 44.9 Å². The van der Waals surface area contributed by atoms with Gasteiger partial charge in [-0.1, -0.05) is 24.4 Å². The lowest BCUT2D eigenvalue weighted by molar-refractivity contribution is -0.128. The van der Waals surface area contributed by atoms with Gasteiger partial charge in [0.25, 0.3) is 5.91 Å². The molecule has 2 amide bonds. The number of rotatable bonds is 6. The van der Waals surface area contributed by atoms with E-state index in [9.17, 15) is 14.0 Å². The zero-order chi connectivity index (χ0) is 22.2. The van der Waals surface area contributed by atoms with Crippen molar-refractivity contribution < 1.29 is 23.6 Å². The number of hydrogen-bond donors (Lipinski definition) is 3. The fourth-order valence-corrected chi connectivity index (χ4v) is 5.88. The van der Waals surface area contributed by atoms with Crippen LogP contribution in [0.4, 0.5) is 4.39 Å². The van der Waals surface area contributed by atoms with Crippen LogP contribution < -0.4 is 20.9 Å². The van der Waals surface area contributed by atoms with Gasteiger partial charge in [-0.3, -0.25) is 14.4 Å². The number of hydroxylamine groups is 1. The molecule has 7 nitrogen and oxygen atoms in total. The number of halogens is 2. The second-order valence-corrected chi connectivity index (χ2v) is 9.99. The van der Waals surface area contributed by atoms with Gasteiger partial charge in [-0.05, 0) is 56.1 Å². The number of ether oxygens (including phenoxy) is 1. The Balaban J connectivity index is 1.12. The van der Waals surface area contributed by atoms with Gasteiger partial charge in [0.1, 0.15) is 17.6 Å². The number of fused-ring (bicyclic) bond motifs is 3. The molecule has 5 unspecified atom stereocenters. The van der Waals surface area contributed by atoms with Gasteiger partial charge < -0.3 is 15.4 Å². The summed E-state index contributed by atoms with van der Waals surface area (Å²) in [7, 11) is 0. The fourth-order valence-electron chi connectivity index (χ4n) is 5.76. The van der Waals surface area contributed by atoms with Crippen LogP contribution in [0.15, 0.2) is 18.2 Å². The quantitative estimate of drug-likeness (QED) is 0.601. The van der Waals surface area contributed by atoms with Crippen LogP contribution in [-0.4, -0.2) is 42.7 Å². The summed E-state index contributed by atoms with van der Waals surface area (Å²) in [6.45, 7) is -0.197. The molecule has 174 valence electrons. The van der Waals surface area contributed by atoms with Crippen molar-refractivity contribution in [3.63, 3.8) is 0 Å². The number of carbonyl (C=O) groups is 2. The lowest BCUT2D eigenvalue weighted by atomic mass is 9.60. The van der Waals surface area contributed by atoms with Crippen LogP contribution in [0.25, 0.3) is 0 Å². The first-order chi connectivity index (χ1) is 15.5. The molecular weight excluding hydrogens is 437 g/mol. The summed E-state index contributed by atoms with van der Waals surface area (Å²) >= 11 is 5.67. The van der Waals surface area contributed by atoms with E-state index in [4.69, 9.17) is 21.2 Å². The number of carbonyl (C=O) groups excluding carboxylic acids is 2. The van der Waals surface area contributed by atoms with Crippen LogP contribution in [0.5, 0.6) is 5.75 Å². The lowest BCUT2D eigenvalue weighted by Gasteiger charge is -2.51. The normalized spacial score (nSPS) is 35.4. The SMILES string of the molecule is O=C(COc1ccc(Cl)c(F)c1)NC1CC(NC(=O)C2NOC3CCCCC32)C2CC1C2. The molecule has 2 bridgehead atoms. The molecule has 5 aliphatic rings. The molecule has 1 aromatic rings. The molecule has 1 aromatic carbocycles. The fraction of sp³-hybridized carbons (Fsp3) is 0.652. The summed E-state index contributed by atoms with van der Waals surface area (Å²) in [4.78, 5) is 31.0. The van der Waals surface area contributed by atoms with E-state index in [0.29, 0.717) is 18.3 Å². The highest BCUT2D eigenvalue weighted by molar-refractivity contribution is 6.30. The van der Waals surface area contributed by atoms with Gasteiger partial charge in [0.15, 0.2) is 6.61 Å². The maximum absolute atomic E-state index is 13.5. The molecule has 4 aliphatic carbocycles. The summed E-state index contributed by atoms with van der Waals surface area (Å²) in [6.07, 6.45) is 7.17. The molecule has 32 heavy (non-hydrogen) atoms. The maximum Gasteiger partial charge on any atom is 0.258 e. The second-order valence-electron chi connectivity index (χ2n) is 9.58. The molecule has 1 saturated heterocycles. The standard InChI is InChI=1S/C23H29ClFN3O4/c24-16-6-5-14(9-17(16)25)31-11-21(29)26-18-10-19(13-7-12(18)8-13)27-23(30)22-15-3-1-2-4-20(15)32-28-22/h5-6,9,12-13,15,18-20,22,28H,1-4,7-8,10-11H2,(H,26,29)(H,27,30). The van der Waals surface area contributed by atoms with Gasteiger partial charge in [-0.2, -0.15) is 5.48 Å². The molecule has 5 fully saturated rings. The number of nitrogens with one attached hydrogen (secondary N) is 3. The van der Waals surface area contributed by atoms with Crippen LogP contribution in [0.3, 0.4) is 0 Å². The van der Waals surface area contributed by atoms with E-state index in [0.717, 1.165) is 44.6 Å². The summed E-state index contributed by atoms with van der Waals surface area (Å²) in [6, 6.07) is 3.84. The van der Waals surface area contributed by atoms with Crippen LogP contribution >= 0.6 is 11.6 Å². The molecule has 4 saturated carbocycles. The minimum atomic E-state index is -0.586. The summed E-state index contributed by atoms with van der Waals surface area (Å²) < 4.78 is 18.9. The van der Waals surface area contributed by atoms with Crippen molar-refractivity contribution in [2.75, 3.05) is 6.61 Å². The third-order valence-electron chi connectivity index (χ3n) is 7.60. The Kier molecular flexibility index (Phi) is 6.27. The molecule has 1 aliphatic heterocycles. The lowest BCUT2D eigenvalue weighted by Crippen LogP contribution is -2.61. The van der Waals surface area contributed by atoms with E-state index >= 15 is 0 Å². The number of hydrogen-bond acceptors (Lipinski definition) is 5. The Morgan fingerprint density at radius 1 is 1.12 bits per heavy atom. The summed E-state index contributed by atoms with van der Waals surface area (Å²) in [5, 5.41) is 6.29. The molecule has 3 N–H and O–H groups in total. The van der Waals surface area contributed by atoms with Gasteiger partial charge >= 0.3 is 0 Å². The molecule has 0 radical (unpaired) electrons. The van der Waals surface area contributed by atoms with Gasteiger partial charge in [-0.25, -0.2) is 4.39 Å². The Morgan fingerprint density at radius 3 is 2.66 bits per heavy atom. The molecule has 6 rings (SSSR count). The monoisotopic (exact) mass is 465 g/mol. The Bertz CT molecular complexity index is 881. The van der Waals surface area contributed by atoms with Crippen molar-refractivity contribution in [3.8, 4) is 5.75 Å². The average molecular weight is 466 g/mol. The predicted octanol–water partition coefficient (Wildman–Crippen LogP) is 2.72. The molecule has 9 heteroatoms. The highest BCUT2D eigenvalue weighted by Crippen LogP contribution is 2.46. The summed E-state index contributed by atoms with van der Waals surface area (Å²) in [5.74, 6) is 0.566. The van der Waals surface area contributed by atoms with Crippen LogP contribution in [-0.2, 0) is 14.4 Å². The third kappa shape index (κ3) is 4.45. The van der Waals surface area contributed by atoms with Crippen molar-refractivity contribution in [1.82, 2.24) is 16.1 Å². The predicted molar refractivity (Wildman–Crippen MR) is 115 cm³/mol. The molecule has 0 spiro atoms. The largest absolute Gasteiger partial charge is 0.484 e. The Hall–Kier alpha value is -1.90. The third-order valence-corrected chi connectivity index (χ3v) is 7.91. The van der Waals surface area contributed by atoms with E-state index < -0.39 is 5.82 Å². The van der Waals surface area contributed by atoms with Crippen LogP contribution in [0.2, 0.25) is 5.02 Å². The van der Waals surface area contributed by atoms with Crippen LogP contribution in [0, 0.1) is 23.6 Å². The molecular formula is C23H29ClFN3O4. The van der Waals surface area contributed by atoms with Gasteiger partial charge in [0.2, 0.25) is 5.91 Å². The van der Waals surface area contributed by atoms with Crippen molar-refractivity contribution in [3.05, 3.63) is 29.0 Å². The second kappa shape index (κ2) is 9.15. The Labute approximate surface area is 191 Å². The number of benzene rings is 1. The first-order valence-electron chi connectivity index (χ1n) is 11.6. The van der Waals surface area contributed by atoms with Crippen molar-refractivity contribution in [1.29, 1.82) is 0 Å². The molecule has 5 atom stereocenters. The van der Waals surface area contributed by atoms with Crippen molar-refractivity contribution in [2.45, 2.75) is 69.2 Å². The minimum absolute atomic E-state index is 0.00132. The minimum Gasteiger partial charge on any atom is -0.484 e. The van der Waals surface area contributed by atoms with E-state index in [1.165, 1.54) is 12.1 Å². The van der Waals surface area contributed by atoms with E-state index in [2.05, 4.69) is 16.1 Å². The topological polar surface area (TPSA) is 88.7 Å². The van der Waals surface area contributed by atoms with E-state index in [1.807, 2.05) is 0 Å². The van der Waals surface area contributed by atoms with Gasteiger partial charge in [0, 0.05) is 24.1 Å². The molecule has 1 heterocycles.